The molecule has 1 aliphatic heterocycles. The molecule has 0 aromatic carbocycles. The van der Waals surface area contributed by atoms with E-state index < -0.39 is 6.03 Å². The van der Waals surface area contributed by atoms with E-state index in [9.17, 15) is 4.79 Å². The number of carbonyl (C=O) groups excluding carboxylic acids is 1. The summed E-state index contributed by atoms with van der Waals surface area (Å²) in [6.07, 6.45) is 3.19. The molecule has 1 aromatic heterocycles. The number of ether oxygens (including phenoxy) is 1. The summed E-state index contributed by atoms with van der Waals surface area (Å²) in [5, 5.41) is 2.75. The van der Waals surface area contributed by atoms with E-state index in [-0.39, 0.29) is 6.17 Å². The number of amides is 2. The predicted octanol–water partition coefficient (Wildman–Crippen LogP) is 0.0807. The Kier molecular flexibility index (Phi) is 3.89. The molecule has 0 aliphatic carbocycles. The van der Waals surface area contributed by atoms with E-state index in [0.29, 0.717) is 13.2 Å². The number of hydrogen-bond acceptors (Lipinski definition) is 4. The number of urea groups is 1. The molecule has 1 saturated heterocycles. The number of pyridine rings is 1. The summed E-state index contributed by atoms with van der Waals surface area (Å²) in [6, 6.07) is 3.21. The number of hydrogen-bond donors (Lipinski definition) is 2. The van der Waals surface area contributed by atoms with Crippen LogP contribution in [0.15, 0.2) is 24.5 Å². The van der Waals surface area contributed by atoms with Gasteiger partial charge in [0.25, 0.3) is 0 Å². The molecule has 17 heavy (non-hydrogen) atoms. The van der Waals surface area contributed by atoms with Crippen LogP contribution >= 0.6 is 0 Å². The third-order valence-electron chi connectivity index (χ3n) is 2.71. The van der Waals surface area contributed by atoms with Crippen LogP contribution < -0.4 is 11.1 Å². The largest absolute Gasteiger partial charge is 0.379 e. The van der Waals surface area contributed by atoms with Crippen LogP contribution in [0, 0.1) is 0 Å². The van der Waals surface area contributed by atoms with Crippen LogP contribution in [-0.2, 0) is 4.74 Å². The molecule has 2 rings (SSSR count). The number of primary amides is 1. The number of rotatable bonds is 3. The van der Waals surface area contributed by atoms with Gasteiger partial charge in [-0.15, -0.1) is 0 Å². The van der Waals surface area contributed by atoms with E-state index in [0.717, 1.165) is 18.7 Å². The number of nitrogens with two attached hydrogens (primary N) is 1. The molecule has 3 N–H and O–H groups in total. The molecule has 92 valence electrons. The van der Waals surface area contributed by atoms with Crippen molar-refractivity contribution in [3.05, 3.63) is 30.1 Å². The average Bonchev–Trinajstić information content (AvgIpc) is 2.38. The first kappa shape index (κ1) is 11.8. The summed E-state index contributed by atoms with van der Waals surface area (Å²) in [7, 11) is 0. The van der Waals surface area contributed by atoms with Crippen LogP contribution in [0.2, 0.25) is 0 Å². The van der Waals surface area contributed by atoms with Gasteiger partial charge in [0, 0.05) is 25.5 Å². The number of carbonyl (C=O) groups is 1. The van der Waals surface area contributed by atoms with Gasteiger partial charge in [-0.2, -0.15) is 0 Å². The maximum Gasteiger partial charge on any atom is 0.313 e. The highest BCUT2D eigenvalue weighted by Crippen LogP contribution is 2.18. The first-order chi connectivity index (χ1) is 8.27. The smallest absolute Gasteiger partial charge is 0.313 e. The van der Waals surface area contributed by atoms with Crippen LogP contribution in [0.3, 0.4) is 0 Å². The molecule has 0 unspecified atom stereocenters. The van der Waals surface area contributed by atoms with Crippen molar-refractivity contribution in [3.63, 3.8) is 0 Å². The average molecular weight is 236 g/mol. The van der Waals surface area contributed by atoms with Gasteiger partial charge in [-0.1, -0.05) is 0 Å². The van der Waals surface area contributed by atoms with Crippen molar-refractivity contribution in [3.8, 4) is 0 Å². The van der Waals surface area contributed by atoms with Gasteiger partial charge in [-0.05, 0) is 17.7 Å². The first-order valence-electron chi connectivity index (χ1n) is 5.55. The second kappa shape index (κ2) is 5.60. The molecule has 0 saturated carbocycles. The zero-order valence-corrected chi connectivity index (χ0v) is 9.50. The molecule has 2 heterocycles. The Morgan fingerprint density at radius 2 is 2.06 bits per heavy atom. The lowest BCUT2D eigenvalue weighted by Gasteiger charge is -2.34. The fourth-order valence-corrected chi connectivity index (χ4v) is 1.90. The van der Waals surface area contributed by atoms with Gasteiger partial charge >= 0.3 is 6.03 Å². The molecule has 2 amide bonds. The standard InChI is InChI=1S/C11H16N4O2/c12-11(16)14-10(9-1-3-13-4-2-9)15-5-7-17-8-6-15/h1-4,10H,5-8H2,(H3,12,14,16)/t10-/m1/s1. The number of aromatic nitrogens is 1. The summed E-state index contributed by atoms with van der Waals surface area (Å²) in [6.45, 7) is 2.88. The van der Waals surface area contributed by atoms with Crippen LogP contribution in [0.4, 0.5) is 4.79 Å². The summed E-state index contributed by atoms with van der Waals surface area (Å²) in [5.74, 6) is 0. The third-order valence-corrected chi connectivity index (χ3v) is 2.71. The van der Waals surface area contributed by atoms with Crippen molar-refractivity contribution in [1.29, 1.82) is 0 Å². The Bertz CT molecular complexity index is 365. The zero-order valence-electron chi connectivity index (χ0n) is 9.50. The van der Waals surface area contributed by atoms with E-state index in [1.165, 1.54) is 0 Å². The van der Waals surface area contributed by atoms with E-state index >= 15 is 0 Å². The van der Waals surface area contributed by atoms with Gasteiger partial charge < -0.3 is 15.8 Å². The van der Waals surface area contributed by atoms with E-state index in [4.69, 9.17) is 10.5 Å². The normalized spacial score (nSPS) is 18.6. The van der Waals surface area contributed by atoms with Gasteiger partial charge in [-0.25, -0.2) is 4.79 Å². The quantitative estimate of drug-likeness (QED) is 0.779. The van der Waals surface area contributed by atoms with Crippen molar-refractivity contribution in [2.75, 3.05) is 26.3 Å². The molecule has 0 bridgehead atoms. The molecule has 1 aromatic rings. The molecule has 6 nitrogen and oxygen atoms in total. The first-order valence-corrected chi connectivity index (χ1v) is 5.55. The number of nitrogens with one attached hydrogen (secondary N) is 1. The van der Waals surface area contributed by atoms with Crippen LogP contribution in [0.25, 0.3) is 0 Å². The summed E-state index contributed by atoms with van der Waals surface area (Å²) < 4.78 is 5.29. The van der Waals surface area contributed by atoms with E-state index in [1.54, 1.807) is 12.4 Å². The fraction of sp³-hybridized carbons (Fsp3) is 0.455. The Morgan fingerprint density at radius 3 is 2.65 bits per heavy atom. The van der Waals surface area contributed by atoms with Crippen molar-refractivity contribution in [1.82, 2.24) is 15.2 Å². The maximum atomic E-state index is 11.1. The molecule has 1 fully saturated rings. The van der Waals surface area contributed by atoms with Crippen molar-refractivity contribution in [2.45, 2.75) is 6.17 Å². The minimum atomic E-state index is -0.529. The monoisotopic (exact) mass is 236 g/mol. The van der Waals surface area contributed by atoms with E-state index in [1.807, 2.05) is 12.1 Å². The van der Waals surface area contributed by atoms with Crippen molar-refractivity contribution in [2.24, 2.45) is 5.73 Å². The highest BCUT2D eigenvalue weighted by atomic mass is 16.5. The van der Waals surface area contributed by atoms with Gasteiger partial charge in [-0.3, -0.25) is 9.88 Å². The van der Waals surface area contributed by atoms with Crippen LogP contribution in [0.1, 0.15) is 11.7 Å². The second-order valence-corrected chi connectivity index (χ2v) is 3.84. The zero-order chi connectivity index (χ0) is 12.1. The lowest BCUT2D eigenvalue weighted by molar-refractivity contribution is 0.0111. The number of morpholine rings is 1. The van der Waals surface area contributed by atoms with Crippen molar-refractivity contribution < 1.29 is 9.53 Å². The Labute approximate surface area is 99.8 Å². The van der Waals surface area contributed by atoms with E-state index in [2.05, 4.69) is 15.2 Å². The molecule has 1 aliphatic rings. The molecular weight excluding hydrogens is 220 g/mol. The molecule has 0 spiro atoms. The van der Waals surface area contributed by atoms with Crippen LogP contribution in [0.5, 0.6) is 0 Å². The lowest BCUT2D eigenvalue weighted by Crippen LogP contribution is -2.47. The SMILES string of the molecule is NC(=O)N[C@@H](c1ccncc1)N1CCOCC1. The summed E-state index contributed by atoms with van der Waals surface area (Å²) in [4.78, 5) is 17.2. The maximum absolute atomic E-state index is 11.1. The van der Waals surface area contributed by atoms with Gasteiger partial charge in [0.15, 0.2) is 0 Å². The Hall–Kier alpha value is -1.66. The molecular formula is C11H16N4O2. The third kappa shape index (κ3) is 3.15. The predicted molar refractivity (Wildman–Crippen MR) is 62.1 cm³/mol. The minimum Gasteiger partial charge on any atom is -0.379 e. The van der Waals surface area contributed by atoms with Gasteiger partial charge in [0.05, 0.1) is 13.2 Å². The van der Waals surface area contributed by atoms with Gasteiger partial charge in [0.1, 0.15) is 6.17 Å². The molecule has 1 atom stereocenters. The van der Waals surface area contributed by atoms with Crippen LogP contribution in [-0.4, -0.2) is 42.2 Å². The van der Waals surface area contributed by atoms with Crippen molar-refractivity contribution >= 4 is 6.03 Å². The Balaban J connectivity index is 2.15. The minimum absolute atomic E-state index is 0.209. The van der Waals surface area contributed by atoms with Gasteiger partial charge in [0.2, 0.25) is 0 Å². The summed E-state index contributed by atoms with van der Waals surface area (Å²) >= 11 is 0. The molecule has 6 heteroatoms. The lowest BCUT2D eigenvalue weighted by atomic mass is 10.2. The Morgan fingerprint density at radius 1 is 1.41 bits per heavy atom. The highest BCUT2D eigenvalue weighted by molar-refractivity contribution is 5.72. The summed E-state index contributed by atoms with van der Waals surface area (Å²) in [5.41, 5.74) is 6.19. The number of nitrogens with zero attached hydrogens (tertiary/aromatic N) is 2. The second-order valence-electron chi connectivity index (χ2n) is 3.84. The topological polar surface area (TPSA) is 80.5 Å². The highest BCUT2D eigenvalue weighted by Gasteiger charge is 2.23. The fourth-order valence-electron chi connectivity index (χ4n) is 1.90. The molecule has 0 radical (unpaired) electrons.